The van der Waals surface area contributed by atoms with E-state index in [9.17, 15) is 19.5 Å². The second-order valence-corrected chi connectivity index (χ2v) is 18.3. The van der Waals surface area contributed by atoms with Crippen LogP contribution in [-0.4, -0.2) is 106 Å². The van der Waals surface area contributed by atoms with Gasteiger partial charge in [0.1, 0.15) is 41.5 Å². The smallest absolute Gasteiger partial charge is 0.327 e. The van der Waals surface area contributed by atoms with E-state index >= 15 is 4.79 Å². The average molecular weight is 882 g/mol. The van der Waals surface area contributed by atoms with Crippen molar-refractivity contribution in [3.63, 3.8) is 0 Å². The predicted octanol–water partition coefficient (Wildman–Crippen LogP) is 5.32. The molecule has 55 heavy (non-hydrogen) atoms. The average Bonchev–Trinajstić information content (AvgIpc) is 3.86. The summed E-state index contributed by atoms with van der Waals surface area (Å²) in [6.07, 6.45) is 5.88. The highest BCUT2D eigenvalue weighted by Crippen LogP contribution is 2.59. The lowest BCUT2D eigenvalue weighted by Gasteiger charge is -2.50. The van der Waals surface area contributed by atoms with Gasteiger partial charge in [0.15, 0.2) is 11.8 Å². The highest BCUT2D eigenvalue weighted by molar-refractivity contribution is 14.1. The molecule has 0 aromatic heterocycles. The number of rotatable bonds is 17. The number of hydrogen-bond donors (Lipinski definition) is 2. The van der Waals surface area contributed by atoms with Crippen molar-refractivity contribution in [1.29, 1.82) is 0 Å². The first-order valence-electron chi connectivity index (χ1n) is 20.4. The van der Waals surface area contributed by atoms with Gasteiger partial charge in [0.2, 0.25) is 11.8 Å². The number of aliphatic hydroxyl groups excluding tert-OH is 1. The molecule has 8 unspecified atom stereocenters. The normalized spacial score (nSPS) is 30.2. The van der Waals surface area contributed by atoms with E-state index in [-0.39, 0.29) is 38.3 Å². The molecule has 1 aromatic rings. The molecule has 8 atom stereocenters. The molecule has 5 fully saturated rings. The first kappa shape index (κ1) is 42.2. The fraction of sp³-hybridized carbons (Fsp3) is 0.756. The SMILES string of the molecule is CCCCCC1(CCCCC)OC2C3CC4(C(=O)N5CCCC5C(=O)NC(CO)CCC(=O)OC(C)(C)C)C(ON(Cc5ccc(I)cc5)C4C(=O)O3)C2O1. The van der Waals surface area contributed by atoms with Crippen LogP contribution in [0.3, 0.4) is 0 Å². The Kier molecular flexibility index (Phi) is 13.5. The maximum absolute atomic E-state index is 15.4. The van der Waals surface area contributed by atoms with E-state index < -0.39 is 77.2 Å². The predicted molar refractivity (Wildman–Crippen MR) is 210 cm³/mol. The van der Waals surface area contributed by atoms with E-state index in [1.807, 2.05) is 24.3 Å². The minimum Gasteiger partial charge on any atom is -0.460 e. The molecular formula is C41H60IN3O10. The van der Waals surface area contributed by atoms with Gasteiger partial charge < -0.3 is 34.3 Å². The number of hydroxylamine groups is 2. The quantitative estimate of drug-likeness (QED) is 0.119. The van der Waals surface area contributed by atoms with Gasteiger partial charge in [-0.2, -0.15) is 5.06 Å². The van der Waals surface area contributed by atoms with Crippen molar-refractivity contribution in [2.75, 3.05) is 13.2 Å². The van der Waals surface area contributed by atoms with Gasteiger partial charge >= 0.3 is 11.9 Å². The first-order valence-corrected chi connectivity index (χ1v) is 21.5. The van der Waals surface area contributed by atoms with Gasteiger partial charge in [0.25, 0.3) is 0 Å². The molecule has 0 spiro atoms. The van der Waals surface area contributed by atoms with Crippen molar-refractivity contribution in [1.82, 2.24) is 15.3 Å². The van der Waals surface area contributed by atoms with E-state index in [2.05, 4.69) is 41.8 Å². The van der Waals surface area contributed by atoms with Crippen molar-refractivity contribution in [3.8, 4) is 0 Å². The molecule has 2 N–H and O–H groups in total. The van der Waals surface area contributed by atoms with Crippen LogP contribution >= 0.6 is 22.6 Å². The van der Waals surface area contributed by atoms with Crippen LogP contribution in [0.25, 0.3) is 0 Å². The maximum atomic E-state index is 15.4. The van der Waals surface area contributed by atoms with Crippen molar-refractivity contribution in [3.05, 3.63) is 33.4 Å². The number of halogens is 1. The Morgan fingerprint density at radius 2 is 1.71 bits per heavy atom. The number of carbonyl (C=O) groups excluding carboxylic acids is 4. The third kappa shape index (κ3) is 9.04. The zero-order chi connectivity index (χ0) is 39.5. The summed E-state index contributed by atoms with van der Waals surface area (Å²) in [5.74, 6) is -2.60. The number of unbranched alkanes of at least 4 members (excludes halogenated alkanes) is 4. The molecular weight excluding hydrogens is 821 g/mol. The minimum atomic E-state index is -1.40. The van der Waals surface area contributed by atoms with Crippen LogP contribution < -0.4 is 5.32 Å². The van der Waals surface area contributed by atoms with Crippen LogP contribution in [0.1, 0.15) is 124 Å². The number of hydrogen-bond acceptors (Lipinski definition) is 11. The molecule has 4 saturated heterocycles. The molecule has 1 aliphatic carbocycles. The van der Waals surface area contributed by atoms with Crippen LogP contribution in [0.15, 0.2) is 24.3 Å². The molecule has 5 aliphatic rings. The number of ether oxygens (including phenoxy) is 4. The Bertz CT molecular complexity index is 1530. The number of aliphatic hydroxyl groups is 1. The van der Waals surface area contributed by atoms with Crippen LogP contribution in [0.2, 0.25) is 0 Å². The molecule has 13 nitrogen and oxygen atoms in total. The summed E-state index contributed by atoms with van der Waals surface area (Å²) in [6, 6.07) is 5.32. The Morgan fingerprint density at radius 3 is 2.35 bits per heavy atom. The van der Waals surface area contributed by atoms with Gasteiger partial charge in [-0.05, 0) is 93.2 Å². The first-order chi connectivity index (χ1) is 26.2. The fourth-order valence-electron chi connectivity index (χ4n) is 9.19. The summed E-state index contributed by atoms with van der Waals surface area (Å²) in [5.41, 5.74) is -1.14. The largest absolute Gasteiger partial charge is 0.460 e. The Labute approximate surface area is 338 Å². The maximum Gasteiger partial charge on any atom is 0.327 e. The van der Waals surface area contributed by atoms with Gasteiger partial charge in [0, 0.05) is 35.8 Å². The molecule has 4 heterocycles. The van der Waals surface area contributed by atoms with Crippen LogP contribution in [-0.2, 0) is 49.5 Å². The third-order valence-corrected chi connectivity index (χ3v) is 12.4. The highest BCUT2D eigenvalue weighted by atomic mass is 127. The number of benzene rings is 1. The van der Waals surface area contributed by atoms with Crippen molar-refractivity contribution in [2.24, 2.45) is 5.41 Å². The highest BCUT2D eigenvalue weighted by Gasteiger charge is 2.77. The fourth-order valence-corrected chi connectivity index (χ4v) is 9.55. The third-order valence-electron chi connectivity index (χ3n) is 11.7. The van der Waals surface area contributed by atoms with E-state index in [0.29, 0.717) is 32.2 Å². The summed E-state index contributed by atoms with van der Waals surface area (Å²) in [5, 5.41) is 14.6. The molecule has 4 aliphatic heterocycles. The number of nitrogens with zero attached hydrogens (tertiary/aromatic N) is 2. The Morgan fingerprint density at radius 1 is 1.04 bits per heavy atom. The molecule has 1 aromatic carbocycles. The molecule has 6 rings (SSSR count). The summed E-state index contributed by atoms with van der Waals surface area (Å²) < 4.78 is 26.6. The second kappa shape index (κ2) is 17.6. The molecule has 2 bridgehead atoms. The van der Waals surface area contributed by atoms with Crippen molar-refractivity contribution in [2.45, 2.75) is 179 Å². The lowest BCUT2D eigenvalue weighted by atomic mass is 9.62. The number of amides is 2. The number of likely N-dealkylation sites (tertiary alicyclic amines) is 1. The van der Waals surface area contributed by atoms with Crippen molar-refractivity contribution >= 4 is 46.3 Å². The molecule has 0 radical (unpaired) electrons. The lowest BCUT2D eigenvalue weighted by Crippen LogP contribution is -2.70. The van der Waals surface area contributed by atoms with Crippen LogP contribution in [0.5, 0.6) is 0 Å². The van der Waals surface area contributed by atoms with E-state index in [1.54, 1.807) is 30.7 Å². The van der Waals surface area contributed by atoms with Gasteiger partial charge in [0.05, 0.1) is 19.2 Å². The molecule has 1 saturated carbocycles. The second-order valence-electron chi connectivity index (χ2n) is 17.0. The summed E-state index contributed by atoms with van der Waals surface area (Å²) in [6.45, 7) is 9.84. The van der Waals surface area contributed by atoms with Gasteiger partial charge in [-0.3, -0.25) is 24.0 Å². The summed E-state index contributed by atoms with van der Waals surface area (Å²) in [4.78, 5) is 64.4. The van der Waals surface area contributed by atoms with Gasteiger partial charge in [-0.25, -0.2) is 0 Å². The summed E-state index contributed by atoms with van der Waals surface area (Å²) >= 11 is 2.25. The molecule has 2 amide bonds. The van der Waals surface area contributed by atoms with E-state index in [4.69, 9.17) is 23.8 Å². The van der Waals surface area contributed by atoms with E-state index in [0.717, 1.165) is 47.7 Å². The topological polar surface area (TPSA) is 153 Å². The van der Waals surface area contributed by atoms with Crippen LogP contribution in [0.4, 0.5) is 0 Å². The number of carbonyl (C=O) groups is 4. The molecule has 14 heteroatoms. The van der Waals surface area contributed by atoms with Crippen LogP contribution in [0, 0.1) is 8.99 Å². The molecule has 306 valence electrons. The number of fused-ring (bicyclic) bond motifs is 4. The Hall–Kier alpha value is -2.37. The Balaban J connectivity index is 1.29. The van der Waals surface area contributed by atoms with Crippen molar-refractivity contribution < 1.29 is 48.1 Å². The minimum absolute atomic E-state index is 0.0167. The zero-order valence-corrected chi connectivity index (χ0v) is 35.2. The standard InChI is InChI=1S/C41H60IN3O10/c1-6-8-10-20-40(21-11-9-7-2)53-32-30-23-41(34(37(49)51-30)45(55-35(41)33(32)54-40)24-26-14-16-27(42)17-15-26)38(50)44-22-12-13-29(44)36(48)43-28(25-46)18-19-31(47)52-39(3,4)5/h14-17,28-30,32-35,46H,6-13,18-25H2,1-5H3,(H,43,48). The summed E-state index contributed by atoms with van der Waals surface area (Å²) in [7, 11) is 0. The lowest BCUT2D eigenvalue weighted by molar-refractivity contribution is -0.225. The van der Waals surface area contributed by atoms with Gasteiger partial charge in [-0.15, -0.1) is 0 Å². The zero-order valence-electron chi connectivity index (χ0n) is 33.1. The van der Waals surface area contributed by atoms with E-state index in [1.165, 1.54) is 0 Å². The number of nitrogens with one attached hydrogen (secondary N) is 1. The van der Waals surface area contributed by atoms with Gasteiger partial charge in [-0.1, -0.05) is 51.7 Å². The monoisotopic (exact) mass is 881 g/mol. The number of esters is 2.